The van der Waals surface area contributed by atoms with Crippen LogP contribution in [0.15, 0.2) is 78.9 Å². The third kappa shape index (κ3) is 2.90. The molecule has 3 aromatic carbocycles. The molecule has 152 valence electrons. The third-order valence-electron chi connectivity index (χ3n) is 5.64. The van der Waals surface area contributed by atoms with Gasteiger partial charge in [0, 0.05) is 0 Å². The topological polar surface area (TPSA) is 59.5 Å². The largest absolute Gasteiger partial charge is 0.454 e. The van der Waals surface area contributed by atoms with Gasteiger partial charge in [-0.2, -0.15) is 5.26 Å². The number of pyridine rings is 1. The van der Waals surface area contributed by atoms with Crippen molar-refractivity contribution < 1.29 is 9.47 Å². The lowest BCUT2D eigenvalue weighted by Crippen LogP contribution is -1.98. The first-order valence-electron chi connectivity index (χ1n) is 10.3. The molecule has 0 N–H and O–H groups in total. The van der Waals surface area contributed by atoms with Gasteiger partial charge in [0.2, 0.25) is 6.79 Å². The summed E-state index contributed by atoms with van der Waals surface area (Å²) in [5.74, 6) is 1.48. The summed E-state index contributed by atoms with van der Waals surface area (Å²) in [5, 5.41) is 10.1. The van der Waals surface area contributed by atoms with E-state index in [4.69, 9.17) is 14.5 Å². The minimum absolute atomic E-state index is 0.242. The van der Waals surface area contributed by atoms with E-state index in [1.165, 1.54) is 0 Å². The molecule has 32 heavy (non-hydrogen) atoms. The van der Waals surface area contributed by atoms with Gasteiger partial charge in [0.15, 0.2) is 17.1 Å². The van der Waals surface area contributed by atoms with Crippen molar-refractivity contribution in [2.75, 3.05) is 6.79 Å². The summed E-state index contributed by atoms with van der Waals surface area (Å²) in [6.07, 6.45) is 3.94. The van der Waals surface area contributed by atoms with Crippen LogP contribution in [0.5, 0.6) is 11.5 Å². The van der Waals surface area contributed by atoms with Gasteiger partial charge in [0.05, 0.1) is 16.7 Å². The molecule has 1 aliphatic heterocycles. The second kappa shape index (κ2) is 7.29. The molecule has 1 aliphatic rings. The van der Waals surface area contributed by atoms with E-state index in [2.05, 4.69) is 28.7 Å². The Morgan fingerprint density at radius 2 is 1.69 bits per heavy atom. The average Bonchev–Trinajstić information content (AvgIpc) is 3.47. The number of para-hydroxylation sites is 2. The molecule has 0 saturated heterocycles. The van der Waals surface area contributed by atoms with Crippen LogP contribution in [0.25, 0.3) is 40.1 Å². The molecule has 5 aromatic rings. The fraction of sp³-hybridized carbons (Fsp3) is 0.0370. The second-order valence-corrected chi connectivity index (χ2v) is 7.54. The van der Waals surface area contributed by atoms with Crippen LogP contribution in [0.2, 0.25) is 0 Å². The highest BCUT2D eigenvalue weighted by Crippen LogP contribution is 2.34. The monoisotopic (exact) mass is 415 g/mol. The Morgan fingerprint density at radius 3 is 2.56 bits per heavy atom. The molecule has 0 fully saturated rings. The maximum Gasteiger partial charge on any atom is 0.231 e. The van der Waals surface area contributed by atoms with Crippen LogP contribution in [0.4, 0.5) is 0 Å². The van der Waals surface area contributed by atoms with Gasteiger partial charge in [-0.1, -0.05) is 60.7 Å². The van der Waals surface area contributed by atoms with Gasteiger partial charge in [-0.25, -0.2) is 4.98 Å². The average molecular weight is 415 g/mol. The molecule has 0 amide bonds. The Morgan fingerprint density at radius 1 is 0.875 bits per heavy atom. The maximum absolute atomic E-state index is 10.1. The zero-order chi connectivity index (χ0) is 21.5. The summed E-state index contributed by atoms with van der Waals surface area (Å²) in [6, 6.07) is 28.4. The molecule has 0 aliphatic carbocycles. The van der Waals surface area contributed by atoms with Crippen LogP contribution >= 0.6 is 0 Å². The standard InChI is InChI=1S/C27H17N3O2/c28-16-21-20(12-10-18-11-13-25-26(14-18)32-17-31-25)15-24(19-6-2-1-3-7-19)30-23-9-5-4-8-22(23)29-27(21)30/h1-15H,17H2/b12-10+. The van der Waals surface area contributed by atoms with E-state index < -0.39 is 0 Å². The predicted octanol–water partition coefficient (Wildman–Crippen LogP) is 5.93. The van der Waals surface area contributed by atoms with E-state index in [1.54, 1.807) is 0 Å². The number of ether oxygens (including phenoxy) is 2. The van der Waals surface area contributed by atoms with Crippen LogP contribution in [0.1, 0.15) is 16.7 Å². The van der Waals surface area contributed by atoms with Crippen molar-refractivity contribution in [1.29, 1.82) is 5.26 Å². The zero-order valence-corrected chi connectivity index (χ0v) is 17.0. The number of fused-ring (bicyclic) bond motifs is 4. The first-order chi connectivity index (χ1) is 15.8. The molecule has 5 heteroatoms. The van der Waals surface area contributed by atoms with E-state index >= 15 is 0 Å². The van der Waals surface area contributed by atoms with E-state index in [0.29, 0.717) is 11.2 Å². The van der Waals surface area contributed by atoms with Gasteiger partial charge < -0.3 is 9.47 Å². The van der Waals surface area contributed by atoms with Gasteiger partial charge >= 0.3 is 0 Å². The molecule has 2 aromatic heterocycles. The Balaban J connectivity index is 1.58. The van der Waals surface area contributed by atoms with Crippen LogP contribution in [0.3, 0.4) is 0 Å². The Labute approximate surface area is 184 Å². The summed E-state index contributed by atoms with van der Waals surface area (Å²) in [5.41, 5.74) is 6.85. The number of imidazole rings is 1. The van der Waals surface area contributed by atoms with Gasteiger partial charge in [0.1, 0.15) is 11.6 Å². The Kier molecular flexibility index (Phi) is 4.15. The van der Waals surface area contributed by atoms with Crippen molar-refractivity contribution in [1.82, 2.24) is 9.38 Å². The normalized spacial score (nSPS) is 12.6. The predicted molar refractivity (Wildman–Crippen MR) is 124 cm³/mol. The summed E-state index contributed by atoms with van der Waals surface area (Å²) < 4.78 is 12.9. The molecule has 0 atom stereocenters. The number of rotatable bonds is 3. The van der Waals surface area contributed by atoms with Crippen molar-refractivity contribution in [2.45, 2.75) is 0 Å². The molecule has 0 saturated carbocycles. The summed E-state index contributed by atoms with van der Waals surface area (Å²) in [7, 11) is 0. The highest BCUT2D eigenvalue weighted by molar-refractivity contribution is 5.89. The third-order valence-corrected chi connectivity index (χ3v) is 5.64. The van der Waals surface area contributed by atoms with Crippen molar-refractivity contribution in [2.24, 2.45) is 0 Å². The van der Waals surface area contributed by atoms with Crippen LogP contribution < -0.4 is 9.47 Å². The Bertz CT molecular complexity index is 1560. The summed E-state index contributed by atoms with van der Waals surface area (Å²) >= 11 is 0. The first-order valence-corrected chi connectivity index (χ1v) is 10.3. The zero-order valence-electron chi connectivity index (χ0n) is 17.0. The van der Waals surface area contributed by atoms with E-state index in [0.717, 1.165) is 44.9 Å². The first kappa shape index (κ1) is 18.2. The van der Waals surface area contributed by atoms with E-state index in [-0.39, 0.29) is 6.79 Å². The number of aromatic nitrogens is 2. The molecular formula is C27H17N3O2. The minimum atomic E-state index is 0.242. The van der Waals surface area contributed by atoms with Crippen molar-refractivity contribution in [3.05, 3.63) is 95.6 Å². The summed E-state index contributed by atoms with van der Waals surface area (Å²) in [4.78, 5) is 4.81. The van der Waals surface area contributed by atoms with Crippen molar-refractivity contribution >= 4 is 28.8 Å². The Hall–Kier alpha value is -4.56. The van der Waals surface area contributed by atoms with Gasteiger partial charge in [-0.15, -0.1) is 0 Å². The molecule has 0 bridgehead atoms. The van der Waals surface area contributed by atoms with Gasteiger partial charge in [-0.3, -0.25) is 4.40 Å². The molecular weight excluding hydrogens is 398 g/mol. The molecule has 0 unspecified atom stereocenters. The molecule has 6 rings (SSSR count). The SMILES string of the molecule is N#Cc1c(/C=C/c2ccc3c(c2)OCO3)cc(-c2ccccc2)n2c1nc1ccccc12. The van der Waals surface area contributed by atoms with E-state index in [9.17, 15) is 5.26 Å². The van der Waals surface area contributed by atoms with Crippen LogP contribution in [-0.2, 0) is 0 Å². The molecule has 0 spiro atoms. The van der Waals surface area contributed by atoms with E-state index in [1.807, 2.05) is 72.8 Å². The number of nitrogens with zero attached hydrogens (tertiary/aromatic N) is 3. The van der Waals surface area contributed by atoms with Crippen molar-refractivity contribution in [3.8, 4) is 28.8 Å². The number of hydrogen-bond donors (Lipinski definition) is 0. The minimum Gasteiger partial charge on any atom is -0.454 e. The number of benzene rings is 3. The lowest BCUT2D eigenvalue weighted by atomic mass is 10.0. The van der Waals surface area contributed by atoms with Gasteiger partial charge in [0.25, 0.3) is 0 Å². The fourth-order valence-corrected chi connectivity index (χ4v) is 4.12. The fourth-order valence-electron chi connectivity index (χ4n) is 4.12. The molecule has 3 heterocycles. The van der Waals surface area contributed by atoms with Crippen molar-refractivity contribution in [3.63, 3.8) is 0 Å². The summed E-state index contributed by atoms with van der Waals surface area (Å²) in [6.45, 7) is 0.242. The molecule has 0 radical (unpaired) electrons. The van der Waals surface area contributed by atoms with Crippen LogP contribution in [-0.4, -0.2) is 16.2 Å². The number of nitriles is 1. The molecule has 5 nitrogen and oxygen atoms in total. The van der Waals surface area contributed by atoms with Gasteiger partial charge in [-0.05, 0) is 47.0 Å². The van der Waals surface area contributed by atoms with Crippen LogP contribution in [0, 0.1) is 11.3 Å². The highest BCUT2D eigenvalue weighted by Gasteiger charge is 2.17. The lowest BCUT2D eigenvalue weighted by molar-refractivity contribution is 0.174. The quantitative estimate of drug-likeness (QED) is 0.367. The second-order valence-electron chi connectivity index (χ2n) is 7.54. The maximum atomic E-state index is 10.1. The smallest absolute Gasteiger partial charge is 0.231 e. The lowest BCUT2D eigenvalue weighted by Gasteiger charge is -2.11. The highest BCUT2D eigenvalue weighted by atomic mass is 16.7. The number of hydrogen-bond acceptors (Lipinski definition) is 4.